The topological polar surface area (TPSA) is 127 Å². The highest BCUT2D eigenvalue weighted by Crippen LogP contribution is 2.31. The lowest BCUT2D eigenvalue weighted by molar-refractivity contribution is -0.119. The Hall–Kier alpha value is -3.69. The van der Waals surface area contributed by atoms with Gasteiger partial charge in [-0.05, 0) is 42.5 Å². The summed E-state index contributed by atoms with van der Waals surface area (Å²) in [7, 11) is 0. The Labute approximate surface area is 205 Å². The highest BCUT2D eigenvalue weighted by molar-refractivity contribution is 7.12. The first-order valence-electron chi connectivity index (χ1n) is 11.1. The molecule has 184 valence electrons. The Kier molecular flexibility index (Phi) is 7.18. The minimum Gasteiger partial charge on any atom is -0.442 e. The molecule has 0 spiro atoms. The number of piperidine rings is 1. The molecule has 0 bridgehead atoms. The van der Waals surface area contributed by atoms with Crippen LogP contribution in [0.3, 0.4) is 0 Å². The number of nitrogens with zero attached hydrogens (tertiary/aromatic N) is 3. The number of hydrogen-bond donors (Lipinski definition) is 3. The zero-order valence-corrected chi connectivity index (χ0v) is 19.9. The third kappa shape index (κ3) is 5.52. The van der Waals surface area contributed by atoms with Gasteiger partial charge in [0.2, 0.25) is 5.91 Å². The largest absolute Gasteiger partial charge is 0.442 e. The molecule has 3 N–H and O–H groups in total. The van der Waals surface area contributed by atoms with Gasteiger partial charge < -0.3 is 15.0 Å². The number of ether oxygens (including phenoxy) is 1. The van der Waals surface area contributed by atoms with Crippen LogP contribution in [-0.4, -0.2) is 55.7 Å². The zero-order chi connectivity index (χ0) is 25.0. The summed E-state index contributed by atoms with van der Waals surface area (Å²) in [5.74, 6) is -1.03. The van der Waals surface area contributed by atoms with Crippen molar-refractivity contribution >= 4 is 40.6 Å². The number of nitrogens with one attached hydrogen (secondary N) is 3. The van der Waals surface area contributed by atoms with Crippen molar-refractivity contribution in [1.82, 2.24) is 16.2 Å². The second-order valence-corrected chi connectivity index (χ2v) is 9.37. The molecule has 2 aromatic rings. The summed E-state index contributed by atoms with van der Waals surface area (Å²) in [5, 5.41) is 14.1. The molecular weight excluding hydrogens is 475 g/mol. The van der Waals surface area contributed by atoms with Gasteiger partial charge in [-0.15, -0.1) is 11.3 Å². The summed E-state index contributed by atoms with van der Waals surface area (Å²) in [6.07, 6.45) is -0.361. The number of rotatable bonds is 7. The first-order chi connectivity index (χ1) is 16.8. The number of cyclic esters (lactones) is 1. The number of halogens is 1. The number of carbonyl (C=O) groups excluding carboxylic acids is 3. The van der Waals surface area contributed by atoms with E-state index in [-0.39, 0.29) is 24.9 Å². The molecule has 0 unspecified atom stereocenters. The van der Waals surface area contributed by atoms with Crippen LogP contribution in [0.5, 0.6) is 0 Å². The molecule has 0 saturated carbocycles. The second-order valence-electron chi connectivity index (χ2n) is 8.43. The van der Waals surface area contributed by atoms with Crippen molar-refractivity contribution in [3.05, 3.63) is 46.4 Å². The number of thiophene rings is 1. The lowest BCUT2D eigenvalue weighted by Gasteiger charge is -2.39. The maximum Gasteiger partial charge on any atom is 0.414 e. The van der Waals surface area contributed by atoms with Crippen LogP contribution < -0.4 is 26.0 Å². The fourth-order valence-electron chi connectivity index (χ4n) is 4.06. The minimum absolute atomic E-state index is 0.189. The van der Waals surface area contributed by atoms with Crippen LogP contribution in [0.1, 0.15) is 29.4 Å². The molecular formula is C23H25FN6O4S. The van der Waals surface area contributed by atoms with E-state index in [9.17, 15) is 19.6 Å². The molecule has 2 saturated heterocycles. The van der Waals surface area contributed by atoms with Gasteiger partial charge in [0.25, 0.3) is 5.91 Å². The van der Waals surface area contributed by atoms with E-state index in [4.69, 9.17) is 4.74 Å². The molecule has 1 aromatic carbocycles. The summed E-state index contributed by atoms with van der Waals surface area (Å²) < 4.78 is 20.3. The van der Waals surface area contributed by atoms with Crippen molar-refractivity contribution in [2.75, 3.05) is 36.0 Å². The quantitative estimate of drug-likeness (QED) is 0.497. The van der Waals surface area contributed by atoms with Crippen LogP contribution in [0.25, 0.3) is 0 Å². The molecule has 4 rings (SSSR count). The van der Waals surface area contributed by atoms with Crippen molar-refractivity contribution in [1.29, 1.82) is 5.26 Å². The lowest BCUT2D eigenvalue weighted by Crippen LogP contribution is -2.58. The molecule has 2 aliphatic rings. The standard InChI is InChI=1S/C23H25FN6O4S/c1-15(31)26-12-17-13-30(22(33)34-17)16-4-5-19(18(24)11-16)29-8-6-23(14-25,7-9-29)28-27-21(32)20-3-2-10-35-20/h2-5,10-11,17,28H,6-9,12-13H2,1H3,(H,26,31)(H,27,32)/t17-/m0/s1. The molecule has 10 nitrogen and oxygen atoms in total. The summed E-state index contributed by atoms with van der Waals surface area (Å²) >= 11 is 1.30. The fraction of sp³-hybridized carbons (Fsp3) is 0.391. The normalized spacial score (nSPS) is 19.1. The lowest BCUT2D eigenvalue weighted by atomic mass is 9.89. The summed E-state index contributed by atoms with van der Waals surface area (Å²) in [5.41, 5.74) is 5.25. The van der Waals surface area contributed by atoms with Crippen LogP contribution in [0, 0.1) is 17.1 Å². The molecule has 0 aliphatic carbocycles. The third-order valence-corrected chi connectivity index (χ3v) is 6.90. The molecule has 3 amide bonds. The fourth-order valence-corrected chi connectivity index (χ4v) is 4.68. The van der Waals surface area contributed by atoms with Crippen LogP contribution in [0.4, 0.5) is 20.6 Å². The zero-order valence-electron chi connectivity index (χ0n) is 19.0. The minimum atomic E-state index is -0.956. The average molecular weight is 501 g/mol. The highest BCUT2D eigenvalue weighted by Gasteiger charge is 2.37. The van der Waals surface area contributed by atoms with Gasteiger partial charge in [-0.1, -0.05) is 6.07 Å². The SMILES string of the molecule is CC(=O)NC[C@H]1CN(c2ccc(N3CCC(C#N)(NNC(=O)c4cccs4)CC3)c(F)c2)C(=O)O1. The van der Waals surface area contributed by atoms with E-state index in [0.29, 0.717) is 42.2 Å². The number of nitriles is 1. The summed E-state index contributed by atoms with van der Waals surface area (Å²) in [6, 6.07) is 10.2. The average Bonchev–Trinajstić information content (AvgIpc) is 3.52. The predicted molar refractivity (Wildman–Crippen MR) is 127 cm³/mol. The molecule has 35 heavy (non-hydrogen) atoms. The predicted octanol–water partition coefficient (Wildman–Crippen LogP) is 2.15. The first-order valence-corrected chi connectivity index (χ1v) is 12.0. The maximum atomic E-state index is 15.0. The van der Waals surface area contributed by atoms with E-state index in [1.807, 2.05) is 4.90 Å². The van der Waals surface area contributed by atoms with Crippen molar-refractivity contribution in [2.24, 2.45) is 0 Å². The summed E-state index contributed by atoms with van der Waals surface area (Å²) in [4.78, 5) is 39.2. The van der Waals surface area contributed by atoms with Gasteiger partial charge in [0.05, 0.1) is 35.4 Å². The van der Waals surface area contributed by atoms with Crippen LogP contribution >= 0.6 is 11.3 Å². The van der Waals surface area contributed by atoms with E-state index >= 15 is 4.39 Å². The van der Waals surface area contributed by atoms with Gasteiger partial charge in [-0.3, -0.25) is 19.9 Å². The van der Waals surface area contributed by atoms with Crippen LogP contribution in [0.15, 0.2) is 35.7 Å². The van der Waals surface area contributed by atoms with E-state index in [1.165, 1.54) is 29.2 Å². The number of hydrazine groups is 1. The molecule has 0 radical (unpaired) electrons. The smallest absolute Gasteiger partial charge is 0.414 e. The van der Waals surface area contributed by atoms with Crippen molar-refractivity contribution in [2.45, 2.75) is 31.4 Å². The molecule has 2 aliphatic heterocycles. The van der Waals surface area contributed by atoms with Crippen molar-refractivity contribution in [3.8, 4) is 6.07 Å². The first kappa shape index (κ1) is 24.4. The third-order valence-electron chi connectivity index (χ3n) is 6.03. The van der Waals surface area contributed by atoms with Crippen molar-refractivity contribution < 1.29 is 23.5 Å². The molecule has 12 heteroatoms. The van der Waals surface area contributed by atoms with E-state index < -0.39 is 23.6 Å². The molecule has 2 fully saturated rings. The van der Waals surface area contributed by atoms with Gasteiger partial charge in [0.15, 0.2) is 0 Å². The Bertz CT molecular complexity index is 1140. The molecule has 1 atom stereocenters. The van der Waals surface area contributed by atoms with Crippen LogP contribution in [0.2, 0.25) is 0 Å². The van der Waals surface area contributed by atoms with Gasteiger partial charge >= 0.3 is 6.09 Å². The monoisotopic (exact) mass is 500 g/mol. The number of benzene rings is 1. The van der Waals surface area contributed by atoms with Gasteiger partial charge in [-0.2, -0.15) is 5.26 Å². The number of carbonyl (C=O) groups is 3. The second kappa shape index (κ2) is 10.3. The number of anilines is 2. The Balaban J connectivity index is 1.36. The highest BCUT2D eigenvalue weighted by atomic mass is 32.1. The Morgan fingerprint density at radius 1 is 1.31 bits per heavy atom. The maximum absolute atomic E-state index is 15.0. The van der Waals surface area contributed by atoms with Crippen LogP contribution in [-0.2, 0) is 9.53 Å². The molecule has 3 heterocycles. The Morgan fingerprint density at radius 2 is 2.09 bits per heavy atom. The van der Waals surface area contributed by atoms with Gasteiger partial charge in [-0.25, -0.2) is 14.6 Å². The van der Waals surface area contributed by atoms with Crippen molar-refractivity contribution in [3.63, 3.8) is 0 Å². The van der Waals surface area contributed by atoms with E-state index in [1.54, 1.807) is 29.6 Å². The van der Waals surface area contributed by atoms with E-state index in [2.05, 4.69) is 22.2 Å². The number of hydrogen-bond acceptors (Lipinski definition) is 8. The van der Waals surface area contributed by atoms with Gasteiger partial charge in [0, 0.05) is 20.0 Å². The van der Waals surface area contributed by atoms with Gasteiger partial charge in [0.1, 0.15) is 17.5 Å². The molecule has 1 aromatic heterocycles. The number of amides is 3. The van der Waals surface area contributed by atoms with E-state index in [0.717, 1.165) is 0 Å². The Morgan fingerprint density at radius 3 is 2.71 bits per heavy atom. The summed E-state index contributed by atoms with van der Waals surface area (Å²) in [6.45, 7) is 2.57.